The SMILES string of the molecule is COc1cc(/C=C/C(=O)N2C[C@@H](C#N)[C@H](c3ccccc3)C2)ccc1-n1cnc(C)c1. The van der Waals surface area contributed by atoms with Gasteiger partial charge in [0.2, 0.25) is 5.91 Å². The molecule has 0 N–H and O–H groups in total. The molecule has 31 heavy (non-hydrogen) atoms. The summed E-state index contributed by atoms with van der Waals surface area (Å²) in [7, 11) is 1.62. The Labute approximate surface area is 182 Å². The van der Waals surface area contributed by atoms with Crippen LogP contribution in [0.4, 0.5) is 0 Å². The molecule has 6 nitrogen and oxygen atoms in total. The van der Waals surface area contributed by atoms with Crippen molar-refractivity contribution in [3.05, 3.63) is 84.0 Å². The fraction of sp³-hybridized carbons (Fsp3) is 0.240. The first-order valence-electron chi connectivity index (χ1n) is 10.2. The Kier molecular flexibility index (Phi) is 5.85. The van der Waals surface area contributed by atoms with Crippen LogP contribution in [0.1, 0.15) is 22.7 Å². The largest absolute Gasteiger partial charge is 0.495 e. The molecule has 1 fully saturated rings. The summed E-state index contributed by atoms with van der Waals surface area (Å²) in [6, 6.07) is 18.1. The molecule has 0 unspecified atom stereocenters. The summed E-state index contributed by atoms with van der Waals surface area (Å²) >= 11 is 0. The lowest BCUT2D eigenvalue weighted by atomic mass is 9.90. The highest BCUT2D eigenvalue weighted by Gasteiger charge is 2.35. The van der Waals surface area contributed by atoms with Gasteiger partial charge in [0.1, 0.15) is 5.75 Å². The number of carbonyl (C=O) groups excluding carboxylic acids is 1. The molecule has 2 heterocycles. The number of imidazole rings is 1. The van der Waals surface area contributed by atoms with Crippen LogP contribution in [0.15, 0.2) is 67.1 Å². The third kappa shape index (κ3) is 4.36. The molecule has 1 saturated heterocycles. The molecule has 3 aromatic rings. The van der Waals surface area contributed by atoms with Gasteiger partial charge in [-0.05, 0) is 36.3 Å². The van der Waals surface area contributed by atoms with Crippen molar-refractivity contribution in [1.29, 1.82) is 5.26 Å². The summed E-state index contributed by atoms with van der Waals surface area (Å²) in [5.74, 6) is 0.452. The number of aromatic nitrogens is 2. The number of hydrogen-bond acceptors (Lipinski definition) is 4. The maximum atomic E-state index is 12.8. The minimum absolute atomic E-state index is 0.0431. The zero-order valence-corrected chi connectivity index (χ0v) is 17.6. The highest BCUT2D eigenvalue weighted by atomic mass is 16.5. The van der Waals surface area contributed by atoms with Gasteiger partial charge in [0.15, 0.2) is 0 Å². The number of nitrogens with zero attached hydrogens (tertiary/aromatic N) is 4. The average Bonchev–Trinajstić information content (AvgIpc) is 3.44. The highest BCUT2D eigenvalue weighted by Crippen LogP contribution is 2.32. The van der Waals surface area contributed by atoms with Gasteiger partial charge in [-0.2, -0.15) is 5.26 Å². The van der Waals surface area contributed by atoms with Crippen molar-refractivity contribution in [2.45, 2.75) is 12.8 Å². The van der Waals surface area contributed by atoms with Crippen molar-refractivity contribution in [3.63, 3.8) is 0 Å². The lowest BCUT2D eigenvalue weighted by molar-refractivity contribution is -0.125. The van der Waals surface area contributed by atoms with Gasteiger partial charge >= 0.3 is 0 Å². The summed E-state index contributed by atoms with van der Waals surface area (Å²) in [4.78, 5) is 18.8. The number of aryl methyl sites for hydroxylation is 1. The van der Waals surface area contributed by atoms with Crippen LogP contribution in [-0.4, -0.2) is 40.6 Å². The Hall–Kier alpha value is -3.85. The Morgan fingerprint density at radius 3 is 2.71 bits per heavy atom. The minimum Gasteiger partial charge on any atom is -0.495 e. The Bertz CT molecular complexity index is 1140. The van der Waals surface area contributed by atoms with Crippen molar-refractivity contribution < 1.29 is 9.53 Å². The third-order valence-electron chi connectivity index (χ3n) is 5.64. The first-order chi connectivity index (χ1) is 15.1. The van der Waals surface area contributed by atoms with Gasteiger partial charge in [-0.15, -0.1) is 0 Å². The second-order valence-electron chi connectivity index (χ2n) is 7.68. The molecule has 0 saturated carbocycles. The third-order valence-corrected chi connectivity index (χ3v) is 5.64. The topological polar surface area (TPSA) is 71.2 Å². The smallest absolute Gasteiger partial charge is 0.246 e. The van der Waals surface area contributed by atoms with Gasteiger partial charge in [-0.3, -0.25) is 4.79 Å². The number of hydrogen-bond donors (Lipinski definition) is 0. The first-order valence-corrected chi connectivity index (χ1v) is 10.2. The van der Waals surface area contributed by atoms with Crippen LogP contribution in [0.3, 0.4) is 0 Å². The first kappa shape index (κ1) is 20.4. The summed E-state index contributed by atoms with van der Waals surface area (Å²) < 4.78 is 7.44. The molecule has 1 amide bonds. The van der Waals surface area contributed by atoms with Crippen molar-refractivity contribution in [2.75, 3.05) is 20.2 Å². The zero-order valence-electron chi connectivity index (χ0n) is 17.6. The Morgan fingerprint density at radius 2 is 2.03 bits per heavy atom. The minimum atomic E-state index is -0.197. The van der Waals surface area contributed by atoms with Crippen LogP contribution in [0.2, 0.25) is 0 Å². The van der Waals surface area contributed by atoms with Crippen LogP contribution in [0.5, 0.6) is 5.75 Å². The molecule has 0 aliphatic carbocycles. The van der Waals surface area contributed by atoms with Crippen LogP contribution >= 0.6 is 0 Å². The van der Waals surface area contributed by atoms with Gasteiger partial charge in [-0.1, -0.05) is 36.4 Å². The predicted octanol–water partition coefficient (Wildman–Crippen LogP) is 3.97. The summed E-state index contributed by atoms with van der Waals surface area (Å²) in [6.07, 6.45) is 7.02. The molecule has 2 atom stereocenters. The summed E-state index contributed by atoms with van der Waals surface area (Å²) in [5, 5.41) is 9.56. The number of likely N-dealkylation sites (tertiary alicyclic amines) is 1. The van der Waals surface area contributed by atoms with Crippen molar-refractivity contribution in [3.8, 4) is 17.5 Å². The van der Waals surface area contributed by atoms with E-state index in [1.807, 2.05) is 66.2 Å². The van der Waals surface area contributed by atoms with Crippen LogP contribution in [-0.2, 0) is 4.79 Å². The second-order valence-corrected chi connectivity index (χ2v) is 7.68. The second kappa shape index (κ2) is 8.88. The van der Waals surface area contributed by atoms with E-state index in [1.165, 1.54) is 0 Å². The molecular weight excluding hydrogens is 388 g/mol. The molecule has 1 aliphatic rings. The Morgan fingerprint density at radius 1 is 1.23 bits per heavy atom. The van der Waals surface area contributed by atoms with Crippen LogP contribution < -0.4 is 4.74 Å². The quantitative estimate of drug-likeness (QED) is 0.595. The molecule has 1 aliphatic heterocycles. The monoisotopic (exact) mass is 412 g/mol. The molecular formula is C25H24N4O2. The fourth-order valence-electron chi connectivity index (χ4n) is 3.99. The van der Waals surface area contributed by atoms with Crippen molar-refractivity contribution >= 4 is 12.0 Å². The Balaban J connectivity index is 1.48. The average molecular weight is 412 g/mol. The van der Waals surface area contributed by atoms with E-state index in [9.17, 15) is 10.1 Å². The number of carbonyl (C=O) groups is 1. The van der Waals surface area contributed by atoms with E-state index in [4.69, 9.17) is 4.74 Å². The number of rotatable bonds is 5. The fourth-order valence-corrected chi connectivity index (χ4v) is 3.99. The molecule has 4 rings (SSSR count). The predicted molar refractivity (Wildman–Crippen MR) is 119 cm³/mol. The lowest BCUT2D eigenvalue weighted by Gasteiger charge is -2.14. The molecule has 0 radical (unpaired) electrons. The van der Waals surface area contributed by atoms with Gasteiger partial charge in [0.05, 0.1) is 36.8 Å². The molecule has 2 aromatic carbocycles. The molecule has 156 valence electrons. The van der Waals surface area contributed by atoms with E-state index in [0.29, 0.717) is 18.8 Å². The van der Waals surface area contributed by atoms with E-state index < -0.39 is 0 Å². The normalized spacial score (nSPS) is 18.3. The van der Waals surface area contributed by atoms with Crippen LogP contribution in [0.25, 0.3) is 11.8 Å². The van der Waals surface area contributed by atoms with E-state index in [-0.39, 0.29) is 17.7 Å². The van der Waals surface area contributed by atoms with E-state index in [0.717, 1.165) is 22.5 Å². The standard InChI is InChI=1S/C25H24N4O2/c1-18-14-29(17-27-18)23-10-8-19(12-24(23)31-2)9-11-25(30)28-15-21(13-26)22(16-28)20-6-4-3-5-7-20/h3-12,14,17,21-22H,15-16H2,1-2H3/b11-9+/t21-,22+/m1/s1. The van der Waals surface area contributed by atoms with E-state index in [1.54, 1.807) is 30.5 Å². The van der Waals surface area contributed by atoms with Gasteiger partial charge in [0.25, 0.3) is 0 Å². The van der Waals surface area contributed by atoms with Crippen molar-refractivity contribution in [2.24, 2.45) is 5.92 Å². The maximum Gasteiger partial charge on any atom is 0.246 e. The van der Waals surface area contributed by atoms with Gasteiger partial charge < -0.3 is 14.2 Å². The molecule has 1 aromatic heterocycles. The number of nitriles is 1. The number of amides is 1. The number of ether oxygens (including phenoxy) is 1. The molecule has 0 spiro atoms. The summed E-state index contributed by atoms with van der Waals surface area (Å²) in [5.41, 5.74) is 3.77. The highest BCUT2D eigenvalue weighted by molar-refractivity contribution is 5.92. The van der Waals surface area contributed by atoms with Crippen LogP contribution in [0, 0.1) is 24.2 Å². The molecule has 6 heteroatoms. The molecule has 0 bridgehead atoms. The van der Waals surface area contributed by atoms with Crippen molar-refractivity contribution in [1.82, 2.24) is 14.5 Å². The zero-order chi connectivity index (χ0) is 21.8. The number of benzene rings is 2. The summed E-state index contributed by atoms with van der Waals surface area (Å²) in [6.45, 7) is 2.93. The number of methoxy groups -OCH3 is 1. The lowest BCUT2D eigenvalue weighted by Crippen LogP contribution is -2.27. The van der Waals surface area contributed by atoms with Gasteiger partial charge in [-0.25, -0.2) is 4.98 Å². The van der Waals surface area contributed by atoms with E-state index >= 15 is 0 Å². The maximum absolute atomic E-state index is 12.8. The van der Waals surface area contributed by atoms with E-state index in [2.05, 4.69) is 11.1 Å². The van der Waals surface area contributed by atoms with Gasteiger partial charge in [0, 0.05) is 31.3 Å².